The first-order chi connectivity index (χ1) is 12.5. The van der Waals surface area contributed by atoms with Crippen LogP contribution < -0.4 is 11.1 Å². The van der Waals surface area contributed by atoms with Crippen molar-refractivity contribution >= 4 is 5.91 Å². The van der Waals surface area contributed by atoms with Crippen molar-refractivity contribution in [3.8, 4) is 5.69 Å². The summed E-state index contributed by atoms with van der Waals surface area (Å²) in [6.07, 6.45) is 1.50. The molecule has 0 saturated carbocycles. The number of carbonyl (C=O) groups is 1. The van der Waals surface area contributed by atoms with Crippen molar-refractivity contribution < 1.29 is 4.79 Å². The highest BCUT2D eigenvalue weighted by atomic mass is 16.1. The number of benzene rings is 2. The van der Waals surface area contributed by atoms with Gasteiger partial charge in [0.25, 0.3) is 5.91 Å². The van der Waals surface area contributed by atoms with E-state index in [0.29, 0.717) is 18.0 Å². The van der Waals surface area contributed by atoms with Gasteiger partial charge in [-0.05, 0) is 51.7 Å². The standard InChI is InChI=1S/C19H22N6O/c1-13(2)14-3-5-15(6-4-14)18(20)11-21-19(26)16-7-9-17(10-8-16)25-12-22-23-24-25/h3-10,12-13,18H,11,20H2,1-2H3,(H,21,26). The number of nitrogens with two attached hydrogens (primary N) is 1. The number of aromatic nitrogens is 4. The molecule has 1 atom stereocenters. The van der Waals surface area contributed by atoms with E-state index in [1.165, 1.54) is 16.6 Å². The average Bonchev–Trinajstić information content (AvgIpc) is 3.21. The fourth-order valence-electron chi connectivity index (χ4n) is 2.60. The number of amides is 1. The lowest BCUT2D eigenvalue weighted by Gasteiger charge is -2.15. The van der Waals surface area contributed by atoms with Gasteiger partial charge in [0.05, 0.1) is 5.69 Å². The molecule has 0 saturated heterocycles. The Morgan fingerprint density at radius 1 is 1.08 bits per heavy atom. The molecule has 2 aromatic carbocycles. The topological polar surface area (TPSA) is 98.7 Å². The van der Waals surface area contributed by atoms with Gasteiger partial charge in [0, 0.05) is 18.2 Å². The van der Waals surface area contributed by atoms with Crippen LogP contribution in [0.25, 0.3) is 5.69 Å². The Morgan fingerprint density at radius 3 is 2.31 bits per heavy atom. The molecule has 0 aliphatic heterocycles. The third-order valence-electron chi connectivity index (χ3n) is 4.26. The summed E-state index contributed by atoms with van der Waals surface area (Å²) in [5, 5.41) is 13.9. The van der Waals surface area contributed by atoms with E-state index in [1.54, 1.807) is 24.3 Å². The molecule has 1 unspecified atom stereocenters. The Hall–Kier alpha value is -3.06. The number of rotatable bonds is 6. The first kappa shape index (κ1) is 17.8. The molecule has 134 valence electrons. The number of nitrogens with one attached hydrogen (secondary N) is 1. The zero-order chi connectivity index (χ0) is 18.5. The summed E-state index contributed by atoms with van der Waals surface area (Å²) in [4.78, 5) is 12.3. The van der Waals surface area contributed by atoms with Gasteiger partial charge in [-0.25, -0.2) is 4.68 Å². The number of hydrogen-bond donors (Lipinski definition) is 2. The second kappa shape index (κ2) is 7.88. The van der Waals surface area contributed by atoms with Gasteiger partial charge in [-0.1, -0.05) is 38.1 Å². The zero-order valence-electron chi connectivity index (χ0n) is 14.8. The molecular formula is C19H22N6O. The minimum atomic E-state index is -0.249. The molecule has 26 heavy (non-hydrogen) atoms. The summed E-state index contributed by atoms with van der Waals surface area (Å²) in [6, 6.07) is 15.0. The van der Waals surface area contributed by atoms with E-state index in [0.717, 1.165) is 11.3 Å². The molecule has 3 rings (SSSR count). The van der Waals surface area contributed by atoms with Gasteiger partial charge in [-0.3, -0.25) is 4.79 Å². The van der Waals surface area contributed by atoms with Crippen LogP contribution in [0, 0.1) is 0 Å². The second-order valence-corrected chi connectivity index (χ2v) is 6.44. The van der Waals surface area contributed by atoms with Gasteiger partial charge >= 0.3 is 0 Å². The fourth-order valence-corrected chi connectivity index (χ4v) is 2.60. The highest BCUT2D eigenvalue weighted by Gasteiger charge is 2.11. The largest absolute Gasteiger partial charge is 0.350 e. The maximum absolute atomic E-state index is 12.3. The molecule has 7 heteroatoms. The summed E-state index contributed by atoms with van der Waals surface area (Å²) in [7, 11) is 0. The molecule has 0 aliphatic rings. The minimum Gasteiger partial charge on any atom is -0.350 e. The number of carbonyl (C=O) groups excluding carboxylic acids is 1. The minimum absolute atomic E-state index is 0.164. The monoisotopic (exact) mass is 350 g/mol. The molecule has 0 aliphatic carbocycles. The maximum atomic E-state index is 12.3. The van der Waals surface area contributed by atoms with Crippen molar-refractivity contribution in [1.29, 1.82) is 0 Å². The second-order valence-electron chi connectivity index (χ2n) is 6.44. The SMILES string of the molecule is CC(C)c1ccc(C(N)CNC(=O)c2ccc(-n3cnnn3)cc2)cc1. The van der Waals surface area contributed by atoms with E-state index in [9.17, 15) is 4.79 Å². The van der Waals surface area contributed by atoms with Crippen LogP contribution in [-0.2, 0) is 0 Å². The molecule has 1 heterocycles. The number of hydrogen-bond acceptors (Lipinski definition) is 5. The van der Waals surface area contributed by atoms with Crippen molar-refractivity contribution in [3.63, 3.8) is 0 Å². The maximum Gasteiger partial charge on any atom is 0.251 e. The summed E-state index contributed by atoms with van der Waals surface area (Å²) in [5.74, 6) is 0.318. The van der Waals surface area contributed by atoms with Crippen LogP contribution in [-0.4, -0.2) is 32.7 Å². The lowest BCUT2D eigenvalue weighted by atomic mass is 9.99. The quantitative estimate of drug-likeness (QED) is 0.710. The van der Waals surface area contributed by atoms with Crippen LogP contribution in [0.5, 0.6) is 0 Å². The van der Waals surface area contributed by atoms with Crippen molar-refractivity contribution in [2.24, 2.45) is 5.73 Å². The third kappa shape index (κ3) is 4.12. The van der Waals surface area contributed by atoms with Gasteiger partial charge in [0.15, 0.2) is 0 Å². The van der Waals surface area contributed by atoms with Crippen molar-refractivity contribution in [3.05, 3.63) is 71.5 Å². The Morgan fingerprint density at radius 2 is 1.73 bits per heavy atom. The Kier molecular flexibility index (Phi) is 5.38. The van der Waals surface area contributed by atoms with E-state index in [2.05, 4.69) is 46.8 Å². The van der Waals surface area contributed by atoms with Gasteiger partial charge < -0.3 is 11.1 Å². The molecule has 0 fully saturated rings. The molecule has 1 amide bonds. The lowest BCUT2D eigenvalue weighted by molar-refractivity contribution is 0.0951. The van der Waals surface area contributed by atoms with Gasteiger partial charge in [-0.15, -0.1) is 5.10 Å². The predicted molar refractivity (Wildman–Crippen MR) is 98.9 cm³/mol. The van der Waals surface area contributed by atoms with Gasteiger partial charge in [0.1, 0.15) is 6.33 Å². The molecule has 3 N–H and O–H groups in total. The summed E-state index contributed by atoms with van der Waals surface area (Å²) < 4.78 is 1.53. The van der Waals surface area contributed by atoms with Crippen LogP contribution in [0.15, 0.2) is 54.9 Å². The third-order valence-corrected chi connectivity index (χ3v) is 4.26. The molecule has 0 spiro atoms. The van der Waals surface area contributed by atoms with E-state index < -0.39 is 0 Å². The smallest absolute Gasteiger partial charge is 0.251 e. The highest BCUT2D eigenvalue weighted by Crippen LogP contribution is 2.17. The summed E-state index contributed by atoms with van der Waals surface area (Å²) in [5.41, 5.74) is 9.82. The van der Waals surface area contributed by atoms with Crippen LogP contribution in [0.2, 0.25) is 0 Å². The first-order valence-corrected chi connectivity index (χ1v) is 8.51. The van der Waals surface area contributed by atoms with Crippen LogP contribution in [0.3, 0.4) is 0 Å². The molecular weight excluding hydrogens is 328 g/mol. The molecule has 3 aromatic rings. The molecule has 1 aromatic heterocycles. The van der Waals surface area contributed by atoms with E-state index in [1.807, 2.05) is 12.1 Å². The average molecular weight is 350 g/mol. The van der Waals surface area contributed by atoms with Crippen molar-refractivity contribution in [2.45, 2.75) is 25.8 Å². The highest BCUT2D eigenvalue weighted by molar-refractivity contribution is 5.94. The van der Waals surface area contributed by atoms with Crippen LogP contribution in [0.4, 0.5) is 0 Å². The van der Waals surface area contributed by atoms with Crippen LogP contribution >= 0.6 is 0 Å². The van der Waals surface area contributed by atoms with Gasteiger partial charge in [-0.2, -0.15) is 0 Å². The fraction of sp³-hybridized carbons (Fsp3) is 0.263. The van der Waals surface area contributed by atoms with E-state index in [4.69, 9.17) is 5.73 Å². The van der Waals surface area contributed by atoms with E-state index in [-0.39, 0.29) is 11.9 Å². The molecule has 0 bridgehead atoms. The normalized spacial score (nSPS) is 12.2. The van der Waals surface area contributed by atoms with E-state index >= 15 is 0 Å². The summed E-state index contributed by atoms with van der Waals surface area (Å²) in [6.45, 7) is 4.67. The predicted octanol–water partition coefficient (Wildman–Crippen LogP) is 2.22. The van der Waals surface area contributed by atoms with Crippen LogP contribution in [0.1, 0.15) is 47.3 Å². The number of nitrogens with zero attached hydrogens (tertiary/aromatic N) is 4. The Bertz CT molecular complexity index is 841. The molecule has 7 nitrogen and oxygen atoms in total. The number of tetrazole rings is 1. The first-order valence-electron chi connectivity index (χ1n) is 8.51. The Labute approximate surface area is 152 Å². The van der Waals surface area contributed by atoms with Crippen molar-refractivity contribution in [2.75, 3.05) is 6.54 Å². The zero-order valence-corrected chi connectivity index (χ0v) is 14.8. The Balaban J connectivity index is 1.57. The summed E-state index contributed by atoms with van der Waals surface area (Å²) >= 11 is 0. The molecule has 0 radical (unpaired) electrons. The lowest BCUT2D eigenvalue weighted by Crippen LogP contribution is -2.31. The van der Waals surface area contributed by atoms with Gasteiger partial charge in [0.2, 0.25) is 0 Å². The van der Waals surface area contributed by atoms with Crippen molar-refractivity contribution in [1.82, 2.24) is 25.5 Å².